The molecule has 1 aliphatic heterocycles. The second-order valence-electron chi connectivity index (χ2n) is 4.93. The molecule has 0 spiro atoms. The molecule has 0 aromatic carbocycles. The first kappa shape index (κ1) is 14.2. The molecule has 0 amide bonds. The highest BCUT2D eigenvalue weighted by Crippen LogP contribution is 2.28. The molecule has 0 aromatic rings. The van der Waals surface area contributed by atoms with Crippen molar-refractivity contribution < 1.29 is 14.3 Å². The highest BCUT2D eigenvalue weighted by molar-refractivity contribution is 5.87. The normalized spacial score (nSPS) is 20.1. The molecule has 0 aromatic heterocycles. The lowest BCUT2D eigenvalue weighted by atomic mass is 9.82. The van der Waals surface area contributed by atoms with Crippen LogP contribution in [0.5, 0.6) is 0 Å². The van der Waals surface area contributed by atoms with Crippen molar-refractivity contribution in [1.82, 2.24) is 5.32 Å². The summed E-state index contributed by atoms with van der Waals surface area (Å²) in [6.45, 7) is 7.42. The maximum absolute atomic E-state index is 11.1. The van der Waals surface area contributed by atoms with Crippen molar-refractivity contribution >= 4 is 5.97 Å². The minimum Gasteiger partial charge on any atom is -0.466 e. The summed E-state index contributed by atoms with van der Waals surface area (Å²) < 4.78 is 9.98. The predicted octanol–water partition coefficient (Wildman–Crippen LogP) is 1.51. The third-order valence-electron chi connectivity index (χ3n) is 3.31. The van der Waals surface area contributed by atoms with Crippen LogP contribution in [0.25, 0.3) is 0 Å². The fourth-order valence-corrected chi connectivity index (χ4v) is 1.88. The van der Waals surface area contributed by atoms with E-state index >= 15 is 0 Å². The van der Waals surface area contributed by atoms with Gasteiger partial charge in [0.2, 0.25) is 0 Å². The van der Waals surface area contributed by atoms with Crippen LogP contribution in [0.2, 0.25) is 0 Å². The van der Waals surface area contributed by atoms with Gasteiger partial charge in [0.25, 0.3) is 0 Å². The van der Waals surface area contributed by atoms with Crippen molar-refractivity contribution in [3.63, 3.8) is 0 Å². The highest BCUT2D eigenvalue weighted by atomic mass is 16.5. The monoisotopic (exact) mass is 241 g/mol. The van der Waals surface area contributed by atoms with E-state index in [0.717, 1.165) is 32.6 Å². The summed E-state index contributed by atoms with van der Waals surface area (Å²) in [6.07, 6.45) is 4.06. The number of carbonyl (C=O) groups is 1. The molecule has 0 saturated carbocycles. The van der Waals surface area contributed by atoms with Crippen LogP contribution in [0.1, 0.15) is 26.7 Å². The maximum Gasteiger partial charge on any atom is 0.333 e. The number of methoxy groups -OCH3 is 1. The van der Waals surface area contributed by atoms with Gasteiger partial charge in [0.1, 0.15) is 0 Å². The van der Waals surface area contributed by atoms with Gasteiger partial charge in [-0.15, -0.1) is 0 Å². The first-order chi connectivity index (χ1) is 8.07. The Bertz CT molecular complexity index is 280. The van der Waals surface area contributed by atoms with Crippen LogP contribution in [0, 0.1) is 5.41 Å². The first-order valence-electron chi connectivity index (χ1n) is 6.11. The Morgan fingerprint density at radius 3 is 2.71 bits per heavy atom. The summed E-state index contributed by atoms with van der Waals surface area (Å²) in [4.78, 5) is 11.1. The van der Waals surface area contributed by atoms with Gasteiger partial charge in [-0.2, -0.15) is 0 Å². The van der Waals surface area contributed by atoms with Crippen molar-refractivity contribution in [2.75, 3.05) is 33.4 Å². The Kier molecular flexibility index (Phi) is 5.65. The second kappa shape index (κ2) is 6.77. The molecule has 0 radical (unpaired) electrons. The Balaban J connectivity index is 2.25. The molecule has 98 valence electrons. The molecule has 0 atom stereocenters. The van der Waals surface area contributed by atoms with Crippen LogP contribution in [0.15, 0.2) is 11.6 Å². The maximum atomic E-state index is 11.1. The predicted molar refractivity (Wildman–Crippen MR) is 66.8 cm³/mol. The van der Waals surface area contributed by atoms with Crippen LogP contribution < -0.4 is 5.32 Å². The lowest BCUT2D eigenvalue weighted by Gasteiger charge is -2.33. The molecule has 17 heavy (non-hydrogen) atoms. The quantitative estimate of drug-likeness (QED) is 0.450. The largest absolute Gasteiger partial charge is 0.466 e. The summed E-state index contributed by atoms with van der Waals surface area (Å²) >= 11 is 0. The summed E-state index contributed by atoms with van der Waals surface area (Å²) in [6, 6.07) is 0. The highest BCUT2D eigenvalue weighted by Gasteiger charge is 2.26. The van der Waals surface area contributed by atoms with E-state index < -0.39 is 0 Å². The van der Waals surface area contributed by atoms with E-state index in [9.17, 15) is 4.79 Å². The summed E-state index contributed by atoms with van der Waals surface area (Å²) in [5.41, 5.74) is 0.975. The number of hydrogen-bond donors (Lipinski definition) is 1. The van der Waals surface area contributed by atoms with Crippen LogP contribution in [-0.2, 0) is 14.3 Å². The van der Waals surface area contributed by atoms with Crippen molar-refractivity contribution in [3.8, 4) is 0 Å². The van der Waals surface area contributed by atoms with Crippen LogP contribution >= 0.6 is 0 Å². The van der Waals surface area contributed by atoms with Gasteiger partial charge >= 0.3 is 5.97 Å². The van der Waals surface area contributed by atoms with Crippen molar-refractivity contribution in [1.29, 1.82) is 0 Å². The number of rotatable bonds is 5. The summed E-state index contributed by atoms with van der Waals surface area (Å²) in [5, 5.41) is 3.37. The lowest BCUT2D eigenvalue weighted by molar-refractivity contribution is -0.136. The lowest BCUT2D eigenvalue weighted by Crippen LogP contribution is -2.36. The molecule has 1 heterocycles. The molecule has 1 rings (SSSR count). The Hall–Kier alpha value is -0.870. The van der Waals surface area contributed by atoms with Gasteiger partial charge in [-0.05, 0) is 25.2 Å². The zero-order chi connectivity index (χ0) is 12.7. The minimum atomic E-state index is -0.260. The number of carbonyl (C=O) groups excluding carboxylic acids is 1. The molecule has 1 saturated heterocycles. The van der Waals surface area contributed by atoms with E-state index in [1.165, 1.54) is 7.11 Å². The fourth-order valence-electron chi connectivity index (χ4n) is 1.88. The second-order valence-corrected chi connectivity index (χ2v) is 4.93. The molecule has 4 heteroatoms. The van der Waals surface area contributed by atoms with Gasteiger partial charge in [-0.3, -0.25) is 0 Å². The molecule has 1 aliphatic rings. The zero-order valence-corrected chi connectivity index (χ0v) is 11.0. The van der Waals surface area contributed by atoms with Gasteiger partial charge in [0.05, 0.1) is 7.11 Å². The average molecular weight is 241 g/mol. The van der Waals surface area contributed by atoms with Gasteiger partial charge in [0, 0.05) is 31.9 Å². The fraction of sp³-hybridized carbons (Fsp3) is 0.769. The van der Waals surface area contributed by atoms with Gasteiger partial charge in [-0.1, -0.05) is 13.0 Å². The summed E-state index contributed by atoms with van der Waals surface area (Å²) in [7, 11) is 1.40. The topological polar surface area (TPSA) is 47.6 Å². The van der Waals surface area contributed by atoms with Crippen LogP contribution in [0.3, 0.4) is 0 Å². The molecule has 0 bridgehead atoms. The van der Waals surface area contributed by atoms with Gasteiger partial charge in [0.15, 0.2) is 0 Å². The smallest absolute Gasteiger partial charge is 0.333 e. The van der Waals surface area contributed by atoms with Crippen molar-refractivity contribution in [2.45, 2.75) is 26.7 Å². The third-order valence-corrected chi connectivity index (χ3v) is 3.31. The van der Waals surface area contributed by atoms with E-state index in [1.807, 2.05) is 6.08 Å². The van der Waals surface area contributed by atoms with Gasteiger partial charge in [-0.25, -0.2) is 4.79 Å². The molecular weight excluding hydrogens is 218 g/mol. The Morgan fingerprint density at radius 1 is 1.47 bits per heavy atom. The molecule has 0 aliphatic carbocycles. The van der Waals surface area contributed by atoms with Crippen molar-refractivity contribution in [2.24, 2.45) is 5.41 Å². The summed E-state index contributed by atoms with van der Waals surface area (Å²) in [5.74, 6) is -0.260. The van der Waals surface area contributed by atoms with E-state index in [4.69, 9.17) is 4.74 Å². The molecule has 1 fully saturated rings. The third kappa shape index (κ3) is 4.88. The van der Waals surface area contributed by atoms with E-state index in [0.29, 0.717) is 17.5 Å². The SMILES string of the molecule is COC(=O)C(C)=CCNCC1(C)CCOCC1. The van der Waals surface area contributed by atoms with E-state index in [-0.39, 0.29) is 5.97 Å². The molecule has 0 unspecified atom stereocenters. The van der Waals surface area contributed by atoms with Gasteiger partial charge < -0.3 is 14.8 Å². The number of esters is 1. The Labute approximate surface area is 103 Å². The standard InChI is InChI=1S/C13H23NO3/c1-11(12(15)16-3)4-7-14-10-13(2)5-8-17-9-6-13/h4,14H,5-10H2,1-3H3. The van der Waals surface area contributed by atoms with Crippen LogP contribution in [0.4, 0.5) is 0 Å². The van der Waals surface area contributed by atoms with Crippen LogP contribution in [-0.4, -0.2) is 39.4 Å². The number of nitrogens with one attached hydrogen (secondary N) is 1. The molecule has 4 nitrogen and oxygen atoms in total. The Morgan fingerprint density at radius 2 is 2.12 bits per heavy atom. The minimum absolute atomic E-state index is 0.260. The number of hydrogen-bond acceptors (Lipinski definition) is 4. The van der Waals surface area contributed by atoms with E-state index in [2.05, 4.69) is 17.0 Å². The number of ether oxygens (including phenoxy) is 2. The molecule has 1 N–H and O–H groups in total. The van der Waals surface area contributed by atoms with Crippen molar-refractivity contribution in [3.05, 3.63) is 11.6 Å². The first-order valence-corrected chi connectivity index (χ1v) is 6.11. The molecular formula is C13H23NO3. The average Bonchev–Trinajstić information content (AvgIpc) is 2.34. The zero-order valence-electron chi connectivity index (χ0n) is 11.0. The van der Waals surface area contributed by atoms with E-state index in [1.54, 1.807) is 6.92 Å².